The van der Waals surface area contributed by atoms with Gasteiger partial charge in [0.05, 0.1) is 0 Å². The van der Waals surface area contributed by atoms with Crippen LogP contribution in [-0.2, 0) is 11.3 Å². The first kappa shape index (κ1) is 13.8. The van der Waals surface area contributed by atoms with Gasteiger partial charge in [-0.15, -0.1) is 0 Å². The van der Waals surface area contributed by atoms with E-state index in [0.29, 0.717) is 12.6 Å². The van der Waals surface area contributed by atoms with Crippen LogP contribution in [0.1, 0.15) is 31.2 Å². The quantitative estimate of drug-likeness (QED) is 0.570. The summed E-state index contributed by atoms with van der Waals surface area (Å²) >= 11 is 0. The summed E-state index contributed by atoms with van der Waals surface area (Å²) in [6.45, 7) is 0.499. The van der Waals surface area contributed by atoms with E-state index in [1.165, 1.54) is 0 Å². The van der Waals surface area contributed by atoms with Crippen molar-refractivity contribution in [3.63, 3.8) is 0 Å². The maximum absolute atomic E-state index is 11.7. The van der Waals surface area contributed by atoms with Gasteiger partial charge in [-0.1, -0.05) is 30.3 Å². The third-order valence-electron chi connectivity index (χ3n) is 3.46. The molecule has 0 bridgehead atoms. The number of alkyl carbamates (subject to hydrolysis) is 1. The highest BCUT2D eigenvalue weighted by molar-refractivity contribution is 5.67. The van der Waals surface area contributed by atoms with Gasteiger partial charge in [-0.2, -0.15) is 0 Å². The third kappa shape index (κ3) is 4.54. The molecule has 0 radical (unpaired) electrons. The zero-order valence-electron chi connectivity index (χ0n) is 11.0. The largest absolute Gasteiger partial charge is 0.446 e. The van der Waals surface area contributed by atoms with Gasteiger partial charge < -0.3 is 10.1 Å². The molecule has 1 aromatic carbocycles. The second kappa shape index (κ2) is 7.11. The molecule has 0 aliphatic heterocycles. The van der Waals surface area contributed by atoms with Crippen molar-refractivity contribution < 1.29 is 9.53 Å². The Bertz CT molecular complexity index is 389. The summed E-state index contributed by atoms with van der Waals surface area (Å²) in [7, 11) is 0. The second-order valence-corrected chi connectivity index (χ2v) is 4.88. The van der Waals surface area contributed by atoms with Crippen LogP contribution in [0.4, 0.5) is 4.79 Å². The predicted octanol–water partition coefficient (Wildman–Crippen LogP) is 1.69. The summed E-state index contributed by atoms with van der Waals surface area (Å²) < 4.78 is 5.39. The molecule has 5 heteroatoms. The maximum atomic E-state index is 11.7. The molecule has 1 aliphatic carbocycles. The van der Waals surface area contributed by atoms with Gasteiger partial charge in [0.1, 0.15) is 6.10 Å². The van der Waals surface area contributed by atoms with Crippen molar-refractivity contribution in [3.05, 3.63) is 35.9 Å². The van der Waals surface area contributed by atoms with Gasteiger partial charge in [-0.3, -0.25) is 11.3 Å². The highest BCUT2D eigenvalue weighted by atomic mass is 16.6. The average Bonchev–Trinajstić information content (AvgIpc) is 2.47. The minimum absolute atomic E-state index is 0.0142. The van der Waals surface area contributed by atoms with Crippen molar-refractivity contribution in [1.29, 1.82) is 0 Å². The van der Waals surface area contributed by atoms with Gasteiger partial charge in [-0.05, 0) is 31.2 Å². The van der Waals surface area contributed by atoms with E-state index in [4.69, 9.17) is 10.6 Å². The molecule has 2 rings (SSSR count). The number of amides is 1. The lowest BCUT2D eigenvalue weighted by Crippen LogP contribution is -2.40. The summed E-state index contributed by atoms with van der Waals surface area (Å²) in [5.41, 5.74) is 3.83. The number of hydrazine groups is 1. The molecule has 0 heterocycles. The number of hydrogen-bond acceptors (Lipinski definition) is 4. The molecule has 1 saturated carbocycles. The van der Waals surface area contributed by atoms with Gasteiger partial charge in [0.15, 0.2) is 0 Å². The fourth-order valence-corrected chi connectivity index (χ4v) is 2.31. The summed E-state index contributed by atoms with van der Waals surface area (Å²) in [5, 5.41) is 2.77. The highest BCUT2D eigenvalue weighted by Gasteiger charge is 2.22. The number of ether oxygens (including phenoxy) is 1. The molecule has 4 N–H and O–H groups in total. The molecule has 1 fully saturated rings. The van der Waals surface area contributed by atoms with Crippen LogP contribution in [0.15, 0.2) is 30.3 Å². The van der Waals surface area contributed by atoms with Gasteiger partial charge in [0.2, 0.25) is 0 Å². The minimum Gasteiger partial charge on any atom is -0.446 e. The summed E-state index contributed by atoms with van der Waals surface area (Å²) in [6.07, 6.45) is 3.31. The van der Waals surface area contributed by atoms with Crippen molar-refractivity contribution in [3.8, 4) is 0 Å². The molecule has 0 atom stereocenters. The number of hydrogen-bond donors (Lipinski definition) is 3. The lowest BCUT2D eigenvalue weighted by molar-refractivity contribution is 0.0686. The Hall–Kier alpha value is -1.59. The fourth-order valence-electron chi connectivity index (χ4n) is 2.31. The van der Waals surface area contributed by atoms with Gasteiger partial charge in [0, 0.05) is 12.6 Å². The van der Waals surface area contributed by atoms with E-state index in [1.54, 1.807) is 0 Å². The van der Waals surface area contributed by atoms with Crippen molar-refractivity contribution >= 4 is 6.09 Å². The predicted molar refractivity (Wildman–Crippen MR) is 73.1 cm³/mol. The Kier molecular flexibility index (Phi) is 5.18. The number of carbonyl (C=O) groups is 1. The minimum atomic E-state index is -0.340. The zero-order valence-corrected chi connectivity index (χ0v) is 11.0. The first-order valence-electron chi connectivity index (χ1n) is 6.72. The van der Waals surface area contributed by atoms with Gasteiger partial charge in [-0.25, -0.2) is 4.79 Å². The molecule has 19 heavy (non-hydrogen) atoms. The average molecular weight is 263 g/mol. The molecule has 1 aliphatic rings. The van der Waals surface area contributed by atoms with E-state index in [1.807, 2.05) is 30.3 Å². The number of benzene rings is 1. The van der Waals surface area contributed by atoms with E-state index < -0.39 is 0 Å². The van der Waals surface area contributed by atoms with Gasteiger partial charge >= 0.3 is 6.09 Å². The standard InChI is InChI=1S/C14H21N3O2/c15-17-12-6-8-13(9-7-12)19-14(18)16-10-11-4-2-1-3-5-11/h1-5,12-13,17H,6-10,15H2,(H,16,18). The van der Waals surface area contributed by atoms with E-state index in [-0.39, 0.29) is 12.2 Å². The molecule has 0 saturated heterocycles. The maximum Gasteiger partial charge on any atom is 0.407 e. The summed E-state index contributed by atoms with van der Waals surface area (Å²) in [6, 6.07) is 10.1. The van der Waals surface area contributed by atoms with Crippen molar-refractivity contribution in [2.45, 2.75) is 44.4 Å². The molecule has 0 aromatic heterocycles. The van der Waals surface area contributed by atoms with Crippen LogP contribution in [0.25, 0.3) is 0 Å². The Labute approximate surface area is 113 Å². The molecule has 5 nitrogen and oxygen atoms in total. The van der Waals surface area contributed by atoms with Crippen molar-refractivity contribution in [2.24, 2.45) is 5.84 Å². The van der Waals surface area contributed by atoms with Crippen LogP contribution in [0.5, 0.6) is 0 Å². The van der Waals surface area contributed by atoms with Crippen LogP contribution in [-0.4, -0.2) is 18.2 Å². The molecular weight excluding hydrogens is 242 g/mol. The molecule has 0 unspecified atom stereocenters. The van der Waals surface area contributed by atoms with Crippen LogP contribution >= 0.6 is 0 Å². The number of nitrogens with two attached hydrogens (primary N) is 1. The van der Waals surface area contributed by atoms with E-state index in [2.05, 4.69) is 10.7 Å². The molecule has 1 amide bonds. The first-order valence-corrected chi connectivity index (χ1v) is 6.72. The van der Waals surface area contributed by atoms with E-state index in [9.17, 15) is 4.79 Å². The monoisotopic (exact) mass is 263 g/mol. The Balaban J connectivity index is 1.67. The zero-order chi connectivity index (χ0) is 13.5. The Morgan fingerprint density at radius 2 is 1.89 bits per heavy atom. The summed E-state index contributed by atoms with van der Waals surface area (Å²) in [4.78, 5) is 11.7. The molecule has 1 aromatic rings. The Morgan fingerprint density at radius 3 is 2.53 bits per heavy atom. The topological polar surface area (TPSA) is 76.4 Å². The second-order valence-electron chi connectivity index (χ2n) is 4.88. The van der Waals surface area contributed by atoms with Crippen LogP contribution in [0, 0.1) is 0 Å². The van der Waals surface area contributed by atoms with Crippen molar-refractivity contribution in [1.82, 2.24) is 10.7 Å². The smallest absolute Gasteiger partial charge is 0.407 e. The Morgan fingerprint density at radius 1 is 1.21 bits per heavy atom. The number of rotatable bonds is 4. The van der Waals surface area contributed by atoms with Crippen molar-refractivity contribution in [2.75, 3.05) is 0 Å². The molecule has 104 valence electrons. The number of nitrogens with one attached hydrogen (secondary N) is 2. The normalized spacial score (nSPS) is 22.8. The lowest BCUT2D eigenvalue weighted by Gasteiger charge is -2.27. The highest BCUT2D eigenvalue weighted by Crippen LogP contribution is 2.20. The fraction of sp³-hybridized carbons (Fsp3) is 0.500. The molecular formula is C14H21N3O2. The van der Waals surface area contributed by atoms with E-state index in [0.717, 1.165) is 31.2 Å². The number of carbonyl (C=O) groups excluding carboxylic acids is 1. The lowest BCUT2D eigenvalue weighted by atomic mass is 9.93. The van der Waals surface area contributed by atoms with Crippen LogP contribution in [0.3, 0.4) is 0 Å². The summed E-state index contributed by atoms with van der Waals surface area (Å²) in [5.74, 6) is 5.39. The van der Waals surface area contributed by atoms with Crippen LogP contribution in [0.2, 0.25) is 0 Å². The van der Waals surface area contributed by atoms with Gasteiger partial charge in [0.25, 0.3) is 0 Å². The molecule has 0 spiro atoms. The van der Waals surface area contributed by atoms with Crippen LogP contribution < -0.4 is 16.6 Å². The first-order chi connectivity index (χ1) is 9.28. The van der Waals surface area contributed by atoms with E-state index >= 15 is 0 Å². The SMILES string of the molecule is NNC1CCC(OC(=O)NCc2ccccc2)CC1. The third-order valence-corrected chi connectivity index (χ3v) is 3.46.